The van der Waals surface area contributed by atoms with Crippen LogP contribution in [0, 0.1) is 5.92 Å². The highest BCUT2D eigenvalue weighted by atomic mass is 32.2. The van der Waals surface area contributed by atoms with Crippen molar-refractivity contribution in [3.63, 3.8) is 0 Å². The molecule has 8 heteroatoms. The molecule has 2 unspecified atom stereocenters. The zero-order chi connectivity index (χ0) is 16.3. The molecule has 122 valence electrons. The molecule has 3 amide bonds. The fourth-order valence-corrected chi connectivity index (χ4v) is 2.90. The highest BCUT2D eigenvalue weighted by molar-refractivity contribution is 7.98. The third kappa shape index (κ3) is 6.50. The number of urea groups is 1. The summed E-state index contributed by atoms with van der Waals surface area (Å²) in [7, 11) is 0. The summed E-state index contributed by atoms with van der Waals surface area (Å²) >= 11 is 1.07. The van der Waals surface area contributed by atoms with Gasteiger partial charge in [-0.3, -0.25) is 4.72 Å². The molecule has 0 radical (unpaired) electrons. The number of halogens is 2. The van der Waals surface area contributed by atoms with E-state index in [0.29, 0.717) is 12.8 Å². The third-order valence-electron chi connectivity index (χ3n) is 3.07. The second-order valence-corrected chi connectivity index (χ2v) is 7.34. The van der Waals surface area contributed by atoms with Crippen LogP contribution in [-0.2, 0) is 4.74 Å². The molecule has 1 aliphatic carbocycles. The number of rotatable bonds is 2. The van der Waals surface area contributed by atoms with Gasteiger partial charge in [-0.1, -0.05) is 6.92 Å². The van der Waals surface area contributed by atoms with Crippen LogP contribution in [0.2, 0.25) is 0 Å². The number of nitrogens with one attached hydrogen (secondary N) is 2. The standard InChI is InChI=1S/C13H22F2N2O3S/c1-8-7-9(5-6-13(8,14)15)21-17-10(18)16-11(19)20-12(2,3)4/h8-9H,5-7H2,1-4H3,(H2,16,17,18,19). The minimum absolute atomic E-state index is 0.0796. The van der Waals surface area contributed by atoms with Crippen molar-refractivity contribution < 1.29 is 23.1 Å². The normalized spacial score (nSPS) is 25.0. The molecule has 2 atom stereocenters. The van der Waals surface area contributed by atoms with E-state index in [0.717, 1.165) is 11.9 Å². The van der Waals surface area contributed by atoms with Crippen molar-refractivity contribution in [3.8, 4) is 0 Å². The first kappa shape index (κ1) is 18.0. The summed E-state index contributed by atoms with van der Waals surface area (Å²) < 4.78 is 34.0. The van der Waals surface area contributed by atoms with Gasteiger partial charge in [0.25, 0.3) is 5.92 Å². The molecular formula is C13H22F2N2O3S. The zero-order valence-electron chi connectivity index (χ0n) is 12.7. The quantitative estimate of drug-likeness (QED) is 0.760. The summed E-state index contributed by atoms with van der Waals surface area (Å²) in [6.07, 6.45) is -0.371. The molecule has 1 rings (SSSR count). The van der Waals surface area contributed by atoms with E-state index in [1.807, 2.05) is 5.32 Å². The molecule has 0 aliphatic heterocycles. The van der Waals surface area contributed by atoms with Crippen molar-refractivity contribution >= 4 is 24.1 Å². The van der Waals surface area contributed by atoms with E-state index in [9.17, 15) is 18.4 Å². The third-order valence-corrected chi connectivity index (χ3v) is 4.13. The van der Waals surface area contributed by atoms with Gasteiger partial charge in [0.1, 0.15) is 5.60 Å². The van der Waals surface area contributed by atoms with Gasteiger partial charge in [0.2, 0.25) is 0 Å². The molecule has 0 aromatic heterocycles. The Bertz CT molecular complexity index is 399. The smallest absolute Gasteiger partial charge is 0.415 e. The maximum absolute atomic E-state index is 13.3. The molecular weight excluding hydrogens is 302 g/mol. The number of amides is 3. The lowest BCUT2D eigenvalue weighted by atomic mass is 9.87. The van der Waals surface area contributed by atoms with Crippen molar-refractivity contribution in [3.05, 3.63) is 0 Å². The Balaban J connectivity index is 2.30. The van der Waals surface area contributed by atoms with Gasteiger partial charge < -0.3 is 4.74 Å². The Hall–Kier alpha value is -1.05. The molecule has 0 aromatic rings. The fraction of sp³-hybridized carbons (Fsp3) is 0.846. The zero-order valence-corrected chi connectivity index (χ0v) is 13.5. The number of carbonyl (C=O) groups excluding carboxylic acids is 2. The Morgan fingerprint density at radius 3 is 2.48 bits per heavy atom. The van der Waals surface area contributed by atoms with Gasteiger partial charge in [-0.25, -0.2) is 23.7 Å². The number of alkyl carbamates (subject to hydrolysis) is 1. The van der Waals surface area contributed by atoms with Gasteiger partial charge in [0.15, 0.2) is 0 Å². The van der Waals surface area contributed by atoms with Crippen LogP contribution in [0.5, 0.6) is 0 Å². The van der Waals surface area contributed by atoms with Crippen molar-refractivity contribution in [2.75, 3.05) is 0 Å². The number of hydrogen-bond acceptors (Lipinski definition) is 4. The van der Waals surface area contributed by atoms with Crippen molar-refractivity contribution in [1.82, 2.24) is 10.0 Å². The Morgan fingerprint density at radius 2 is 1.95 bits per heavy atom. The number of alkyl halides is 2. The summed E-state index contributed by atoms with van der Waals surface area (Å²) in [4.78, 5) is 22.9. The number of hydrogen-bond donors (Lipinski definition) is 2. The van der Waals surface area contributed by atoms with Crippen LogP contribution in [0.25, 0.3) is 0 Å². The maximum Gasteiger partial charge on any atom is 0.415 e. The van der Waals surface area contributed by atoms with E-state index in [-0.39, 0.29) is 11.7 Å². The lowest BCUT2D eigenvalue weighted by Gasteiger charge is -2.33. The highest BCUT2D eigenvalue weighted by Gasteiger charge is 2.42. The van der Waals surface area contributed by atoms with Crippen LogP contribution in [0.4, 0.5) is 18.4 Å². The average molecular weight is 324 g/mol. The average Bonchev–Trinajstić information content (AvgIpc) is 2.28. The van der Waals surface area contributed by atoms with Crippen LogP contribution in [0.15, 0.2) is 0 Å². The summed E-state index contributed by atoms with van der Waals surface area (Å²) in [5, 5.41) is 1.94. The van der Waals surface area contributed by atoms with E-state index in [1.54, 1.807) is 20.8 Å². The number of carbonyl (C=O) groups is 2. The lowest BCUT2D eigenvalue weighted by Crippen LogP contribution is -2.41. The lowest BCUT2D eigenvalue weighted by molar-refractivity contribution is -0.0769. The van der Waals surface area contributed by atoms with Crippen LogP contribution in [0.1, 0.15) is 47.0 Å². The van der Waals surface area contributed by atoms with Gasteiger partial charge in [-0.2, -0.15) is 0 Å². The first-order chi connectivity index (χ1) is 9.49. The summed E-state index contributed by atoms with van der Waals surface area (Å²) in [6.45, 7) is 6.56. The largest absolute Gasteiger partial charge is 0.443 e. The van der Waals surface area contributed by atoms with Gasteiger partial charge in [-0.05, 0) is 45.6 Å². The van der Waals surface area contributed by atoms with Gasteiger partial charge in [0, 0.05) is 17.6 Å². The molecule has 21 heavy (non-hydrogen) atoms. The predicted molar refractivity (Wildman–Crippen MR) is 77.2 cm³/mol. The van der Waals surface area contributed by atoms with E-state index in [4.69, 9.17) is 4.74 Å². The minimum atomic E-state index is -2.63. The first-order valence-electron chi connectivity index (χ1n) is 6.83. The monoisotopic (exact) mass is 324 g/mol. The molecule has 1 fully saturated rings. The summed E-state index contributed by atoms with van der Waals surface area (Å²) in [5.74, 6) is -3.34. The SMILES string of the molecule is CC1CC(SNC(=O)NC(=O)OC(C)(C)C)CCC1(F)F. The van der Waals surface area contributed by atoms with Crippen LogP contribution >= 0.6 is 11.9 Å². The Kier molecular flexibility index (Phi) is 5.83. The number of ether oxygens (including phenoxy) is 1. The molecule has 1 saturated carbocycles. The Labute approximate surface area is 127 Å². The second kappa shape index (κ2) is 6.81. The molecule has 0 bridgehead atoms. The molecule has 0 heterocycles. The van der Waals surface area contributed by atoms with Gasteiger partial charge in [0.05, 0.1) is 0 Å². The van der Waals surface area contributed by atoms with Crippen molar-refractivity contribution in [2.24, 2.45) is 5.92 Å². The molecule has 0 spiro atoms. The molecule has 5 nitrogen and oxygen atoms in total. The number of imide groups is 1. The molecule has 2 N–H and O–H groups in total. The molecule has 0 saturated heterocycles. The van der Waals surface area contributed by atoms with E-state index >= 15 is 0 Å². The van der Waals surface area contributed by atoms with Crippen LogP contribution in [0.3, 0.4) is 0 Å². The van der Waals surface area contributed by atoms with Gasteiger partial charge >= 0.3 is 12.1 Å². The van der Waals surface area contributed by atoms with E-state index in [1.165, 1.54) is 6.92 Å². The van der Waals surface area contributed by atoms with Gasteiger partial charge in [-0.15, -0.1) is 0 Å². The van der Waals surface area contributed by atoms with Crippen molar-refractivity contribution in [2.45, 2.75) is 63.7 Å². The topological polar surface area (TPSA) is 67.4 Å². The van der Waals surface area contributed by atoms with E-state index in [2.05, 4.69) is 4.72 Å². The van der Waals surface area contributed by atoms with Crippen LogP contribution in [-0.4, -0.2) is 28.9 Å². The molecule has 1 aliphatic rings. The van der Waals surface area contributed by atoms with E-state index < -0.39 is 29.6 Å². The fourth-order valence-electron chi connectivity index (χ4n) is 1.95. The molecule has 0 aromatic carbocycles. The summed E-state index contributed by atoms with van der Waals surface area (Å²) in [6, 6.07) is -0.709. The van der Waals surface area contributed by atoms with Crippen molar-refractivity contribution in [1.29, 1.82) is 0 Å². The first-order valence-corrected chi connectivity index (χ1v) is 7.71. The van der Waals surface area contributed by atoms with Crippen LogP contribution < -0.4 is 10.0 Å². The highest BCUT2D eigenvalue weighted by Crippen LogP contribution is 2.41. The minimum Gasteiger partial charge on any atom is -0.443 e. The summed E-state index contributed by atoms with van der Waals surface area (Å²) in [5.41, 5.74) is -0.693. The second-order valence-electron chi connectivity index (χ2n) is 6.23. The maximum atomic E-state index is 13.3. The predicted octanol–water partition coefficient (Wildman–Crippen LogP) is 3.69. The Morgan fingerprint density at radius 1 is 1.33 bits per heavy atom.